The highest BCUT2D eigenvalue weighted by atomic mass is 31.1. The van der Waals surface area contributed by atoms with Crippen LogP contribution in [-0.4, -0.2) is 75.5 Å². The first-order valence-electron chi connectivity index (χ1n) is 8.89. The molecule has 0 saturated carbocycles. The van der Waals surface area contributed by atoms with E-state index in [0.717, 1.165) is 41.6 Å². The molecule has 142 valence electrons. The first kappa shape index (κ1) is 21.0. The Morgan fingerprint density at radius 1 is 0.692 bits per heavy atom. The zero-order valence-corrected chi connectivity index (χ0v) is 18.5. The summed E-state index contributed by atoms with van der Waals surface area (Å²) in [5.74, 6) is 0. The largest absolute Gasteiger partial charge is 0.376 e. The lowest BCUT2D eigenvalue weighted by molar-refractivity contribution is 0.379. The van der Waals surface area contributed by atoms with Gasteiger partial charge in [0, 0.05) is 41.3 Å². The number of hydrogen-bond donors (Lipinski definition) is 0. The van der Waals surface area contributed by atoms with Crippen LogP contribution in [0.1, 0.15) is 0 Å². The average Bonchev–Trinajstić information content (AvgIpc) is 2.62. The number of hydrogen-bond acceptors (Lipinski definition) is 5. The standard InChI is InChI=1S/C19H31N5P2/c1-22(2)16-6-8-18(20-14-16)25-12-10-24(5)11-13-26-19-9-7-17(15-21-19)23(3)4/h6-9,14-15,25-26H,10-13H2,1-5H3. The SMILES string of the molecule is CN(CCPc1ccc(N(C)C)cn1)CCPc1ccc(N(C)C)cn1. The molecule has 2 rings (SSSR count). The van der Waals surface area contributed by atoms with Crippen LogP contribution < -0.4 is 20.7 Å². The van der Waals surface area contributed by atoms with E-state index in [-0.39, 0.29) is 0 Å². The highest BCUT2D eigenvalue weighted by Crippen LogP contribution is 2.14. The lowest BCUT2D eigenvalue weighted by atomic mass is 10.4. The van der Waals surface area contributed by atoms with E-state index in [9.17, 15) is 0 Å². The molecule has 0 N–H and O–H groups in total. The molecule has 2 aromatic heterocycles. The van der Waals surface area contributed by atoms with E-state index in [2.05, 4.69) is 56.0 Å². The summed E-state index contributed by atoms with van der Waals surface area (Å²) in [6.45, 7) is 2.24. The van der Waals surface area contributed by atoms with E-state index in [1.165, 1.54) is 23.2 Å². The fraction of sp³-hybridized carbons (Fsp3) is 0.474. The van der Waals surface area contributed by atoms with Gasteiger partial charge in [-0.25, -0.2) is 0 Å². The Bertz CT molecular complexity index is 586. The van der Waals surface area contributed by atoms with E-state index in [0.29, 0.717) is 0 Å². The predicted molar refractivity (Wildman–Crippen MR) is 120 cm³/mol. The zero-order chi connectivity index (χ0) is 18.9. The van der Waals surface area contributed by atoms with Crippen molar-refractivity contribution in [3.63, 3.8) is 0 Å². The van der Waals surface area contributed by atoms with Crippen molar-refractivity contribution in [2.75, 3.05) is 70.5 Å². The van der Waals surface area contributed by atoms with Crippen LogP contribution in [0.5, 0.6) is 0 Å². The van der Waals surface area contributed by atoms with Gasteiger partial charge < -0.3 is 14.7 Å². The van der Waals surface area contributed by atoms with E-state index < -0.39 is 0 Å². The van der Waals surface area contributed by atoms with Crippen molar-refractivity contribution >= 4 is 39.4 Å². The minimum absolute atomic E-state index is 0.775. The first-order valence-corrected chi connectivity index (χ1v) is 11.3. The van der Waals surface area contributed by atoms with E-state index in [4.69, 9.17) is 0 Å². The second-order valence-electron chi connectivity index (χ2n) is 6.75. The molecule has 0 amide bonds. The minimum atomic E-state index is 0.775. The third kappa shape index (κ3) is 7.15. The molecule has 2 atom stereocenters. The number of pyridine rings is 2. The van der Waals surface area contributed by atoms with Gasteiger partial charge in [-0.15, -0.1) is 0 Å². The summed E-state index contributed by atoms with van der Waals surface area (Å²) in [6, 6.07) is 8.60. The predicted octanol–water partition coefficient (Wildman–Crippen LogP) is 1.85. The molecule has 0 aliphatic rings. The Labute approximate surface area is 161 Å². The highest BCUT2D eigenvalue weighted by Gasteiger charge is 2.03. The van der Waals surface area contributed by atoms with Crippen LogP contribution in [0.3, 0.4) is 0 Å². The van der Waals surface area contributed by atoms with Crippen molar-refractivity contribution in [1.82, 2.24) is 14.9 Å². The smallest absolute Gasteiger partial charge is 0.0602 e. The second-order valence-corrected chi connectivity index (χ2v) is 9.48. The van der Waals surface area contributed by atoms with Crippen molar-refractivity contribution in [3.05, 3.63) is 36.7 Å². The maximum Gasteiger partial charge on any atom is 0.0602 e. The van der Waals surface area contributed by atoms with Gasteiger partial charge in [0.2, 0.25) is 0 Å². The number of anilines is 2. The summed E-state index contributed by atoms with van der Waals surface area (Å²) in [5, 5.41) is 0. The first-order chi connectivity index (χ1) is 12.5. The van der Waals surface area contributed by atoms with Gasteiger partial charge in [0.15, 0.2) is 0 Å². The second kappa shape index (κ2) is 10.8. The molecule has 0 spiro atoms. The molecule has 2 unspecified atom stereocenters. The Balaban J connectivity index is 1.63. The molecule has 7 heteroatoms. The summed E-state index contributed by atoms with van der Waals surface area (Å²) in [4.78, 5) is 15.7. The number of rotatable bonds is 10. The fourth-order valence-electron chi connectivity index (χ4n) is 2.37. The van der Waals surface area contributed by atoms with Gasteiger partial charge >= 0.3 is 0 Å². The van der Waals surface area contributed by atoms with Crippen molar-refractivity contribution in [2.45, 2.75) is 0 Å². The van der Waals surface area contributed by atoms with Gasteiger partial charge in [-0.2, -0.15) is 0 Å². The summed E-state index contributed by atoms with van der Waals surface area (Å²) in [7, 11) is 11.9. The molecule has 5 nitrogen and oxygen atoms in total. The summed E-state index contributed by atoms with van der Waals surface area (Å²) in [6.07, 6.45) is 6.26. The molecule has 0 aromatic carbocycles. The van der Waals surface area contributed by atoms with E-state index in [1.54, 1.807) is 0 Å². The molecule has 2 heterocycles. The quantitative estimate of drug-likeness (QED) is 0.578. The van der Waals surface area contributed by atoms with E-state index in [1.807, 2.05) is 40.6 Å². The van der Waals surface area contributed by atoms with E-state index >= 15 is 0 Å². The van der Waals surface area contributed by atoms with Crippen LogP contribution in [0.4, 0.5) is 11.4 Å². The van der Waals surface area contributed by atoms with Crippen molar-refractivity contribution in [3.8, 4) is 0 Å². The maximum atomic E-state index is 4.56. The van der Waals surface area contributed by atoms with Gasteiger partial charge in [-0.05, 0) is 43.6 Å². The van der Waals surface area contributed by atoms with Crippen molar-refractivity contribution in [1.29, 1.82) is 0 Å². The van der Waals surface area contributed by atoms with Gasteiger partial charge in [0.05, 0.1) is 34.6 Å². The Hall–Kier alpha value is -1.28. The molecule has 26 heavy (non-hydrogen) atoms. The highest BCUT2D eigenvalue weighted by molar-refractivity contribution is 7.47. The van der Waals surface area contributed by atoms with Crippen molar-refractivity contribution < 1.29 is 0 Å². The van der Waals surface area contributed by atoms with Crippen LogP contribution in [0.25, 0.3) is 0 Å². The minimum Gasteiger partial charge on any atom is -0.376 e. The van der Waals surface area contributed by atoms with Crippen LogP contribution in [0.15, 0.2) is 36.7 Å². The Kier molecular flexibility index (Phi) is 8.71. The van der Waals surface area contributed by atoms with Crippen LogP contribution in [-0.2, 0) is 0 Å². The van der Waals surface area contributed by atoms with Gasteiger partial charge in [-0.1, -0.05) is 17.2 Å². The Morgan fingerprint density at radius 3 is 1.42 bits per heavy atom. The topological polar surface area (TPSA) is 35.5 Å². The molecule has 0 fully saturated rings. The van der Waals surface area contributed by atoms with Crippen LogP contribution in [0, 0.1) is 0 Å². The third-order valence-electron chi connectivity index (χ3n) is 4.13. The monoisotopic (exact) mass is 391 g/mol. The zero-order valence-electron chi connectivity index (χ0n) is 16.5. The lowest BCUT2D eigenvalue weighted by Crippen LogP contribution is -2.24. The number of aromatic nitrogens is 2. The molecular weight excluding hydrogens is 360 g/mol. The third-order valence-corrected chi connectivity index (χ3v) is 6.39. The summed E-state index contributed by atoms with van der Waals surface area (Å²) < 4.78 is 0. The molecule has 0 aliphatic heterocycles. The average molecular weight is 391 g/mol. The normalized spacial score (nSPS) is 11.9. The molecule has 0 radical (unpaired) electrons. The number of nitrogens with zero attached hydrogens (tertiary/aromatic N) is 5. The molecule has 0 aliphatic carbocycles. The van der Waals surface area contributed by atoms with Gasteiger partial charge in [-0.3, -0.25) is 9.97 Å². The van der Waals surface area contributed by atoms with Gasteiger partial charge in [0.25, 0.3) is 0 Å². The van der Waals surface area contributed by atoms with Gasteiger partial charge in [0.1, 0.15) is 0 Å². The maximum absolute atomic E-state index is 4.56. The van der Waals surface area contributed by atoms with Crippen LogP contribution >= 0.6 is 17.2 Å². The summed E-state index contributed by atoms with van der Waals surface area (Å²) >= 11 is 0. The molecule has 0 bridgehead atoms. The molecular formula is C19H31N5P2. The molecule has 0 saturated heterocycles. The van der Waals surface area contributed by atoms with Crippen LogP contribution in [0.2, 0.25) is 0 Å². The van der Waals surface area contributed by atoms with Crippen molar-refractivity contribution in [2.24, 2.45) is 0 Å². The fourth-order valence-corrected chi connectivity index (χ4v) is 4.59. The summed E-state index contributed by atoms with van der Waals surface area (Å²) in [5.41, 5.74) is 4.72. The lowest BCUT2D eigenvalue weighted by Gasteiger charge is -2.17. The molecule has 2 aromatic rings. The Morgan fingerprint density at radius 2 is 1.12 bits per heavy atom.